The zero-order valence-electron chi connectivity index (χ0n) is 17.9. The summed E-state index contributed by atoms with van der Waals surface area (Å²) in [7, 11) is 0. The molecule has 178 valence electrons. The van der Waals surface area contributed by atoms with Crippen molar-refractivity contribution in [3.63, 3.8) is 0 Å². The third-order valence-electron chi connectivity index (χ3n) is 4.81. The highest BCUT2D eigenvalue weighted by Gasteiger charge is 2.31. The van der Waals surface area contributed by atoms with Crippen LogP contribution in [0.3, 0.4) is 0 Å². The van der Waals surface area contributed by atoms with Crippen LogP contribution in [0.25, 0.3) is 0 Å². The summed E-state index contributed by atoms with van der Waals surface area (Å²) >= 11 is 1.06. The molecular weight excluding hydrogens is 473 g/mol. The molecule has 0 spiro atoms. The van der Waals surface area contributed by atoms with E-state index in [1.807, 2.05) is 0 Å². The van der Waals surface area contributed by atoms with Crippen LogP contribution >= 0.6 is 11.3 Å². The number of nitrogens with zero attached hydrogens (tertiary/aromatic N) is 2. The monoisotopic (exact) mass is 492 g/mol. The lowest BCUT2D eigenvalue weighted by Crippen LogP contribution is -2.23. The summed E-state index contributed by atoms with van der Waals surface area (Å²) in [5.41, 5.74) is 0.231. The topological polar surface area (TPSA) is 78.0 Å². The van der Waals surface area contributed by atoms with Gasteiger partial charge in [0, 0.05) is 12.3 Å². The number of rotatable bonds is 6. The van der Waals surface area contributed by atoms with Gasteiger partial charge in [0.25, 0.3) is 0 Å². The van der Waals surface area contributed by atoms with Crippen molar-refractivity contribution < 1.29 is 37.0 Å². The van der Waals surface area contributed by atoms with Gasteiger partial charge in [0.2, 0.25) is 5.91 Å². The Morgan fingerprint density at radius 1 is 1.12 bits per heavy atom. The summed E-state index contributed by atoms with van der Waals surface area (Å²) in [6.07, 6.45) is -4.53. The first-order valence-electron chi connectivity index (χ1n) is 10.2. The van der Waals surface area contributed by atoms with Gasteiger partial charge in [-0.25, -0.2) is 4.98 Å². The Bertz CT molecular complexity index is 1210. The van der Waals surface area contributed by atoms with Crippen molar-refractivity contribution in [2.75, 3.05) is 18.1 Å². The summed E-state index contributed by atoms with van der Waals surface area (Å²) in [6.45, 7) is 1.99. The first-order valence-corrected chi connectivity index (χ1v) is 11.0. The number of amides is 1. The number of carbonyl (C=O) groups excluding carboxylic acids is 2. The van der Waals surface area contributed by atoms with Gasteiger partial charge in [-0.05, 0) is 35.9 Å². The summed E-state index contributed by atoms with van der Waals surface area (Å²) in [6, 6.07) is 9.62. The minimum Gasteiger partial charge on any atom is -0.486 e. The minimum absolute atomic E-state index is 0.0113. The van der Waals surface area contributed by atoms with Crippen LogP contribution in [-0.4, -0.2) is 30.1 Å². The largest absolute Gasteiger partial charge is 0.486 e. The van der Waals surface area contributed by atoms with Crippen LogP contribution in [0.4, 0.5) is 24.0 Å². The fourth-order valence-electron chi connectivity index (χ4n) is 3.28. The molecule has 11 heteroatoms. The van der Waals surface area contributed by atoms with E-state index in [2.05, 4.69) is 4.98 Å². The second-order valence-corrected chi connectivity index (χ2v) is 8.18. The fraction of sp³-hybridized carbons (Fsp3) is 0.261. The van der Waals surface area contributed by atoms with E-state index in [1.165, 1.54) is 19.1 Å². The lowest BCUT2D eigenvalue weighted by atomic mass is 10.1. The van der Waals surface area contributed by atoms with E-state index < -0.39 is 23.6 Å². The SMILES string of the molecule is CC(=O)N(c1cccc(C(F)(F)F)c1)c1nc(COC(=O)Cc2ccc3c(c2)OCCO3)cs1. The van der Waals surface area contributed by atoms with Gasteiger partial charge in [-0.2, -0.15) is 13.2 Å². The van der Waals surface area contributed by atoms with E-state index in [9.17, 15) is 22.8 Å². The second-order valence-electron chi connectivity index (χ2n) is 7.34. The molecule has 2 heterocycles. The molecule has 34 heavy (non-hydrogen) atoms. The zero-order chi connectivity index (χ0) is 24.3. The van der Waals surface area contributed by atoms with Crippen LogP contribution < -0.4 is 14.4 Å². The number of benzene rings is 2. The molecule has 2 aromatic carbocycles. The van der Waals surface area contributed by atoms with Crippen LogP contribution in [0.15, 0.2) is 47.8 Å². The summed E-state index contributed by atoms with van der Waals surface area (Å²) in [5, 5.41) is 1.75. The van der Waals surface area contributed by atoms with E-state index in [0.29, 0.717) is 36.0 Å². The Labute approximate surface area is 196 Å². The molecule has 0 unspecified atom stereocenters. The standard InChI is InChI=1S/C23H19F3N2O5S/c1-14(29)28(18-4-2-3-16(11-18)23(24,25)26)22-27-17(13-34-22)12-33-21(30)10-15-5-6-19-20(9-15)32-8-7-31-19/h2-6,9,11,13H,7-8,10,12H2,1H3. The third kappa shape index (κ3) is 5.48. The van der Waals surface area contributed by atoms with Gasteiger partial charge in [-0.3, -0.25) is 14.5 Å². The van der Waals surface area contributed by atoms with Crippen molar-refractivity contribution in [3.8, 4) is 11.5 Å². The smallest absolute Gasteiger partial charge is 0.416 e. The number of esters is 1. The van der Waals surface area contributed by atoms with Gasteiger partial charge in [0.15, 0.2) is 16.6 Å². The second kappa shape index (κ2) is 9.72. The number of carbonyl (C=O) groups is 2. The molecule has 0 aliphatic carbocycles. The highest BCUT2D eigenvalue weighted by Crippen LogP contribution is 2.35. The van der Waals surface area contributed by atoms with Crippen LogP contribution in [0.1, 0.15) is 23.7 Å². The molecule has 0 bridgehead atoms. The maximum atomic E-state index is 13.1. The maximum Gasteiger partial charge on any atom is 0.416 e. The number of aromatic nitrogens is 1. The van der Waals surface area contributed by atoms with Gasteiger partial charge in [-0.1, -0.05) is 12.1 Å². The van der Waals surface area contributed by atoms with Crippen molar-refractivity contribution in [3.05, 3.63) is 64.7 Å². The number of halogens is 3. The van der Waals surface area contributed by atoms with Crippen LogP contribution in [0, 0.1) is 0 Å². The summed E-state index contributed by atoms with van der Waals surface area (Å²) in [5.74, 6) is 0.192. The Kier molecular flexibility index (Phi) is 6.73. The highest BCUT2D eigenvalue weighted by atomic mass is 32.1. The number of hydrogen-bond acceptors (Lipinski definition) is 7. The molecule has 1 amide bonds. The van der Waals surface area contributed by atoms with Gasteiger partial charge >= 0.3 is 12.1 Å². The van der Waals surface area contributed by atoms with Crippen LogP contribution in [0.2, 0.25) is 0 Å². The molecule has 3 aromatic rings. The molecule has 0 saturated carbocycles. The van der Waals surface area contributed by atoms with E-state index in [-0.39, 0.29) is 23.8 Å². The quantitative estimate of drug-likeness (QED) is 0.456. The number of alkyl halides is 3. The van der Waals surface area contributed by atoms with Crippen molar-refractivity contribution in [2.45, 2.75) is 26.1 Å². The summed E-state index contributed by atoms with van der Waals surface area (Å²) < 4.78 is 55.5. The summed E-state index contributed by atoms with van der Waals surface area (Å²) in [4.78, 5) is 29.8. The Morgan fingerprint density at radius 2 is 1.88 bits per heavy atom. The average Bonchev–Trinajstić information content (AvgIpc) is 3.25. The van der Waals surface area contributed by atoms with Crippen LogP contribution in [-0.2, 0) is 33.5 Å². The number of ether oxygens (including phenoxy) is 3. The highest BCUT2D eigenvalue weighted by molar-refractivity contribution is 7.14. The lowest BCUT2D eigenvalue weighted by molar-refractivity contribution is -0.144. The van der Waals surface area contributed by atoms with Gasteiger partial charge in [-0.15, -0.1) is 11.3 Å². The normalized spacial score (nSPS) is 12.8. The number of hydrogen-bond donors (Lipinski definition) is 0. The Balaban J connectivity index is 1.41. The third-order valence-corrected chi connectivity index (χ3v) is 5.69. The molecule has 0 N–H and O–H groups in total. The molecule has 1 aromatic heterocycles. The zero-order valence-corrected chi connectivity index (χ0v) is 18.7. The number of thiazole rings is 1. The van der Waals surface area contributed by atoms with E-state index in [0.717, 1.165) is 28.4 Å². The number of fused-ring (bicyclic) bond motifs is 1. The number of anilines is 2. The molecule has 1 aliphatic rings. The predicted octanol–water partition coefficient (Wildman–Crippen LogP) is 4.90. The van der Waals surface area contributed by atoms with E-state index in [1.54, 1.807) is 23.6 Å². The van der Waals surface area contributed by atoms with E-state index in [4.69, 9.17) is 14.2 Å². The fourth-order valence-corrected chi connectivity index (χ4v) is 4.15. The average molecular weight is 492 g/mol. The Hall–Kier alpha value is -3.60. The van der Waals surface area contributed by atoms with Gasteiger partial charge < -0.3 is 14.2 Å². The van der Waals surface area contributed by atoms with Crippen molar-refractivity contribution in [1.82, 2.24) is 4.98 Å². The molecular formula is C23H19F3N2O5S. The minimum atomic E-state index is -4.54. The van der Waals surface area contributed by atoms with E-state index >= 15 is 0 Å². The van der Waals surface area contributed by atoms with Gasteiger partial charge in [0.05, 0.1) is 23.4 Å². The first-order chi connectivity index (χ1) is 16.2. The molecule has 0 radical (unpaired) electrons. The molecule has 4 rings (SSSR count). The Morgan fingerprint density at radius 3 is 2.62 bits per heavy atom. The van der Waals surface area contributed by atoms with Crippen molar-refractivity contribution in [1.29, 1.82) is 0 Å². The lowest BCUT2D eigenvalue weighted by Gasteiger charge is -2.19. The molecule has 1 aliphatic heterocycles. The molecule has 0 atom stereocenters. The maximum absolute atomic E-state index is 13.1. The first kappa shape index (κ1) is 23.6. The molecule has 0 saturated heterocycles. The van der Waals surface area contributed by atoms with Gasteiger partial charge in [0.1, 0.15) is 19.8 Å². The molecule has 0 fully saturated rings. The van der Waals surface area contributed by atoms with Crippen molar-refractivity contribution in [2.24, 2.45) is 0 Å². The predicted molar refractivity (Wildman–Crippen MR) is 117 cm³/mol. The van der Waals surface area contributed by atoms with Crippen LogP contribution in [0.5, 0.6) is 11.5 Å². The molecule has 7 nitrogen and oxygen atoms in total. The van der Waals surface area contributed by atoms with Crippen molar-refractivity contribution >= 4 is 34.0 Å².